The molecule has 0 aromatic heterocycles. The molecule has 2 rings (SSSR count). The summed E-state index contributed by atoms with van der Waals surface area (Å²) in [5.41, 5.74) is 0.869. The zero-order valence-electron chi connectivity index (χ0n) is 9.63. The molecule has 0 amide bonds. The third-order valence-electron chi connectivity index (χ3n) is 3.07. The fourth-order valence-corrected chi connectivity index (χ4v) is 2.07. The molecular formula is C13H16N2O2. The normalized spacial score (nSPS) is 17.4. The van der Waals surface area contributed by atoms with Gasteiger partial charge in [0.05, 0.1) is 10.5 Å². The Labute approximate surface area is 100 Å². The van der Waals surface area contributed by atoms with Crippen LogP contribution in [0, 0.1) is 16.0 Å². The van der Waals surface area contributed by atoms with E-state index in [0.29, 0.717) is 11.5 Å². The van der Waals surface area contributed by atoms with Crippen LogP contribution in [0.15, 0.2) is 30.3 Å². The Kier molecular flexibility index (Phi) is 3.88. The maximum atomic E-state index is 10.8. The molecule has 4 heteroatoms. The number of allylic oxidation sites excluding steroid dienone is 1. The molecule has 17 heavy (non-hydrogen) atoms. The van der Waals surface area contributed by atoms with Gasteiger partial charge in [0.2, 0.25) is 0 Å². The third-order valence-corrected chi connectivity index (χ3v) is 3.07. The minimum Gasteiger partial charge on any atom is -0.317 e. The van der Waals surface area contributed by atoms with Gasteiger partial charge in [-0.25, -0.2) is 0 Å². The predicted octanol–water partition coefficient (Wildman–Crippen LogP) is 2.61. The van der Waals surface area contributed by atoms with E-state index in [-0.39, 0.29) is 10.6 Å². The van der Waals surface area contributed by atoms with Crippen LogP contribution in [0.25, 0.3) is 6.08 Å². The van der Waals surface area contributed by atoms with Gasteiger partial charge in [0.1, 0.15) is 0 Å². The van der Waals surface area contributed by atoms with Gasteiger partial charge in [0.25, 0.3) is 5.69 Å². The van der Waals surface area contributed by atoms with Gasteiger partial charge in [-0.3, -0.25) is 10.1 Å². The molecule has 1 heterocycles. The SMILES string of the molecule is O=[N+]([O-])c1ccccc1/C=C/C1CCNCC1. The first-order chi connectivity index (χ1) is 8.27. The quantitative estimate of drug-likeness (QED) is 0.643. The highest BCUT2D eigenvalue weighted by atomic mass is 16.6. The Balaban J connectivity index is 2.11. The number of hydrogen-bond donors (Lipinski definition) is 1. The summed E-state index contributed by atoms with van der Waals surface area (Å²) in [6.45, 7) is 2.07. The summed E-state index contributed by atoms with van der Waals surface area (Å²) in [7, 11) is 0. The second kappa shape index (κ2) is 5.59. The fourth-order valence-electron chi connectivity index (χ4n) is 2.07. The molecule has 1 aromatic carbocycles. The summed E-state index contributed by atoms with van der Waals surface area (Å²) >= 11 is 0. The van der Waals surface area contributed by atoms with Crippen molar-refractivity contribution < 1.29 is 4.92 Å². The zero-order valence-corrected chi connectivity index (χ0v) is 9.63. The average molecular weight is 232 g/mol. The van der Waals surface area contributed by atoms with E-state index in [0.717, 1.165) is 25.9 Å². The molecule has 1 fully saturated rings. The molecule has 0 spiro atoms. The van der Waals surface area contributed by atoms with Crippen LogP contribution < -0.4 is 5.32 Å². The van der Waals surface area contributed by atoms with Crippen molar-refractivity contribution in [1.29, 1.82) is 0 Å². The lowest BCUT2D eigenvalue weighted by molar-refractivity contribution is -0.385. The van der Waals surface area contributed by atoms with Crippen molar-refractivity contribution in [3.63, 3.8) is 0 Å². The summed E-state index contributed by atoms with van der Waals surface area (Å²) < 4.78 is 0. The van der Waals surface area contributed by atoms with Crippen LogP contribution in [0.1, 0.15) is 18.4 Å². The van der Waals surface area contributed by atoms with Gasteiger partial charge >= 0.3 is 0 Å². The maximum Gasteiger partial charge on any atom is 0.276 e. The predicted molar refractivity (Wildman–Crippen MR) is 67.7 cm³/mol. The van der Waals surface area contributed by atoms with Crippen molar-refractivity contribution in [2.45, 2.75) is 12.8 Å². The second-order valence-electron chi connectivity index (χ2n) is 4.26. The van der Waals surface area contributed by atoms with Gasteiger partial charge in [0, 0.05) is 6.07 Å². The third kappa shape index (κ3) is 3.14. The molecule has 0 unspecified atom stereocenters. The number of nitrogens with one attached hydrogen (secondary N) is 1. The number of nitrogens with zero attached hydrogens (tertiary/aromatic N) is 1. The molecule has 1 aliphatic rings. The first kappa shape index (κ1) is 11.8. The average Bonchev–Trinajstić information content (AvgIpc) is 2.38. The van der Waals surface area contributed by atoms with E-state index in [9.17, 15) is 10.1 Å². The molecule has 0 saturated carbocycles. The van der Waals surface area contributed by atoms with Gasteiger partial charge in [0.15, 0.2) is 0 Å². The second-order valence-corrected chi connectivity index (χ2v) is 4.26. The van der Waals surface area contributed by atoms with E-state index in [1.807, 2.05) is 12.1 Å². The van der Waals surface area contributed by atoms with E-state index in [4.69, 9.17) is 0 Å². The molecule has 0 atom stereocenters. The number of para-hydroxylation sites is 1. The van der Waals surface area contributed by atoms with E-state index < -0.39 is 0 Å². The summed E-state index contributed by atoms with van der Waals surface area (Å²) in [5, 5.41) is 14.1. The van der Waals surface area contributed by atoms with Crippen LogP contribution in [0.3, 0.4) is 0 Å². The molecule has 1 saturated heterocycles. The van der Waals surface area contributed by atoms with Crippen LogP contribution in [0.5, 0.6) is 0 Å². The van der Waals surface area contributed by atoms with E-state index in [1.165, 1.54) is 0 Å². The minimum atomic E-state index is -0.331. The highest BCUT2D eigenvalue weighted by Gasteiger charge is 2.12. The summed E-state index contributed by atoms with van der Waals surface area (Å²) in [6.07, 6.45) is 6.20. The van der Waals surface area contributed by atoms with Crippen molar-refractivity contribution in [3.8, 4) is 0 Å². The van der Waals surface area contributed by atoms with Crippen LogP contribution >= 0.6 is 0 Å². The van der Waals surface area contributed by atoms with Gasteiger partial charge in [-0.1, -0.05) is 24.3 Å². The minimum absolute atomic E-state index is 0.178. The lowest BCUT2D eigenvalue weighted by Crippen LogP contribution is -2.26. The van der Waals surface area contributed by atoms with Crippen molar-refractivity contribution in [3.05, 3.63) is 46.0 Å². The maximum absolute atomic E-state index is 10.8. The number of piperidine rings is 1. The lowest BCUT2D eigenvalue weighted by atomic mass is 9.97. The van der Waals surface area contributed by atoms with E-state index in [2.05, 4.69) is 11.4 Å². The Morgan fingerprint density at radius 2 is 2.00 bits per heavy atom. The van der Waals surface area contributed by atoms with Crippen molar-refractivity contribution >= 4 is 11.8 Å². The molecule has 0 bridgehead atoms. The van der Waals surface area contributed by atoms with Crippen molar-refractivity contribution in [2.75, 3.05) is 13.1 Å². The Bertz CT molecular complexity index is 423. The fraction of sp³-hybridized carbons (Fsp3) is 0.385. The van der Waals surface area contributed by atoms with Gasteiger partial charge < -0.3 is 5.32 Å². The van der Waals surface area contributed by atoms with Gasteiger partial charge in [-0.15, -0.1) is 0 Å². The highest BCUT2D eigenvalue weighted by molar-refractivity contribution is 5.60. The first-order valence-electron chi connectivity index (χ1n) is 5.90. The summed E-state index contributed by atoms with van der Waals surface area (Å²) in [5.74, 6) is 0.538. The molecule has 0 aliphatic carbocycles. The number of benzene rings is 1. The molecule has 1 N–H and O–H groups in total. The number of hydrogen-bond acceptors (Lipinski definition) is 3. The number of nitro groups is 1. The molecule has 1 aromatic rings. The lowest BCUT2D eigenvalue weighted by Gasteiger charge is -2.19. The molecule has 0 radical (unpaired) electrons. The Hall–Kier alpha value is -1.68. The standard InChI is InChI=1S/C13H16N2O2/c16-15(17)13-4-2-1-3-12(13)6-5-11-7-9-14-10-8-11/h1-6,11,14H,7-10H2/b6-5+. The zero-order chi connectivity index (χ0) is 12.1. The van der Waals surface area contributed by atoms with E-state index >= 15 is 0 Å². The number of rotatable bonds is 3. The molecule has 4 nitrogen and oxygen atoms in total. The highest BCUT2D eigenvalue weighted by Crippen LogP contribution is 2.21. The van der Waals surface area contributed by atoms with Gasteiger partial charge in [-0.2, -0.15) is 0 Å². The monoisotopic (exact) mass is 232 g/mol. The molecule has 90 valence electrons. The van der Waals surface area contributed by atoms with Crippen LogP contribution in [0.4, 0.5) is 5.69 Å². The van der Waals surface area contributed by atoms with Crippen molar-refractivity contribution in [2.24, 2.45) is 5.92 Å². The Morgan fingerprint density at radius 1 is 1.29 bits per heavy atom. The summed E-state index contributed by atoms with van der Waals surface area (Å²) in [4.78, 5) is 10.5. The topological polar surface area (TPSA) is 55.2 Å². The Morgan fingerprint density at radius 3 is 2.71 bits per heavy atom. The number of nitro benzene ring substituents is 1. The summed E-state index contributed by atoms with van der Waals surface area (Å²) in [6, 6.07) is 6.85. The van der Waals surface area contributed by atoms with Gasteiger partial charge in [-0.05, 0) is 37.9 Å². The van der Waals surface area contributed by atoms with Crippen LogP contribution in [-0.2, 0) is 0 Å². The molecular weight excluding hydrogens is 216 g/mol. The molecule has 1 aliphatic heterocycles. The van der Waals surface area contributed by atoms with Crippen LogP contribution in [0.2, 0.25) is 0 Å². The van der Waals surface area contributed by atoms with Crippen LogP contribution in [-0.4, -0.2) is 18.0 Å². The van der Waals surface area contributed by atoms with Crippen molar-refractivity contribution in [1.82, 2.24) is 5.32 Å². The largest absolute Gasteiger partial charge is 0.317 e. The smallest absolute Gasteiger partial charge is 0.276 e. The first-order valence-corrected chi connectivity index (χ1v) is 5.90. The van der Waals surface area contributed by atoms with E-state index in [1.54, 1.807) is 18.2 Å².